The fraction of sp³-hybridized carbons (Fsp3) is 0.348. The molecule has 1 N–H and O–H groups in total. The Hall–Kier alpha value is -3.70. The molecule has 2 aliphatic rings. The third-order valence-electron chi connectivity index (χ3n) is 5.95. The third-order valence-corrected chi connectivity index (χ3v) is 5.95. The van der Waals surface area contributed by atoms with Crippen LogP contribution in [-0.2, 0) is 6.18 Å². The van der Waals surface area contributed by atoms with E-state index in [2.05, 4.69) is 20.3 Å². The minimum atomic E-state index is -4.49. The van der Waals surface area contributed by atoms with Gasteiger partial charge in [-0.15, -0.1) is 0 Å². The molecule has 3 aromatic rings. The van der Waals surface area contributed by atoms with Gasteiger partial charge in [-0.2, -0.15) is 18.2 Å². The molecule has 2 aromatic heterocycles. The van der Waals surface area contributed by atoms with Crippen LogP contribution in [0.15, 0.2) is 42.7 Å². The van der Waals surface area contributed by atoms with Gasteiger partial charge in [0.2, 0.25) is 5.95 Å². The quantitative estimate of drug-likeness (QED) is 0.526. The number of rotatable bonds is 4. The SMILES string of the molecule is Fc1cc(F)cc(N2CCOc3cnc(NC4CCN(c5ccnc(C(F)(F)F)c5)CC4)nc32)c1. The first-order valence-corrected chi connectivity index (χ1v) is 11.0. The number of aromatic nitrogens is 3. The van der Waals surface area contributed by atoms with Crippen molar-refractivity contribution in [3.8, 4) is 5.75 Å². The van der Waals surface area contributed by atoms with Gasteiger partial charge in [0.25, 0.3) is 0 Å². The number of piperidine rings is 1. The van der Waals surface area contributed by atoms with E-state index in [-0.39, 0.29) is 6.04 Å². The summed E-state index contributed by atoms with van der Waals surface area (Å²) >= 11 is 0. The molecule has 1 aromatic carbocycles. The summed E-state index contributed by atoms with van der Waals surface area (Å²) in [5.41, 5.74) is -0.117. The molecule has 1 fully saturated rings. The van der Waals surface area contributed by atoms with Gasteiger partial charge in [0, 0.05) is 42.8 Å². The zero-order chi connectivity index (χ0) is 24.6. The van der Waals surface area contributed by atoms with Crippen LogP contribution in [0.5, 0.6) is 5.75 Å². The van der Waals surface area contributed by atoms with Gasteiger partial charge in [-0.05, 0) is 37.1 Å². The van der Waals surface area contributed by atoms with Crippen LogP contribution in [0.25, 0.3) is 0 Å². The first kappa shape index (κ1) is 23.1. The molecule has 0 bridgehead atoms. The molecule has 7 nitrogen and oxygen atoms in total. The Morgan fingerprint density at radius 1 is 0.943 bits per heavy atom. The maximum absolute atomic E-state index is 13.8. The molecule has 1 saturated heterocycles. The van der Waals surface area contributed by atoms with Crippen molar-refractivity contribution < 1.29 is 26.7 Å². The van der Waals surface area contributed by atoms with Crippen LogP contribution in [0, 0.1) is 11.6 Å². The van der Waals surface area contributed by atoms with Crippen molar-refractivity contribution in [3.05, 3.63) is 60.1 Å². The number of nitrogens with one attached hydrogen (secondary N) is 1. The summed E-state index contributed by atoms with van der Waals surface area (Å²) in [6.07, 6.45) is -0.508. The molecular weight excluding hydrogens is 471 g/mol. The first-order chi connectivity index (χ1) is 16.8. The van der Waals surface area contributed by atoms with Crippen LogP contribution >= 0.6 is 0 Å². The molecule has 0 atom stereocenters. The molecule has 0 saturated carbocycles. The van der Waals surface area contributed by atoms with E-state index in [0.29, 0.717) is 68.0 Å². The summed E-state index contributed by atoms with van der Waals surface area (Å²) in [7, 11) is 0. The van der Waals surface area contributed by atoms with Crippen molar-refractivity contribution in [1.82, 2.24) is 15.0 Å². The van der Waals surface area contributed by atoms with Gasteiger partial charge in [-0.3, -0.25) is 4.98 Å². The Labute approximate surface area is 197 Å². The summed E-state index contributed by atoms with van der Waals surface area (Å²) in [5.74, 6) is -0.252. The summed E-state index contributed by atoms with van der Waals surface area (Å²) in [4.78, 5) is 15.8. The highest BCUT2D eigenvalue weighted by Gasteiger charge is 2.33. The molecule has 0 unspecified atom stereocenters. The Morgan fingerprint density at radius 3 is 2.40 bits per heavy atom. The highest BCUT2D eigenvalue weighted by atomic mass is 19.4. The van der Waals surface area contributed by atoms with E-state index in [0.717, 1.165) is 12.1 Å². The van der Waals surface area contributed by atoms with E-state index in [1.807, 2.05) is 4.90 Å². The Bertz CT molecular complexity index is 1190. The lowest BCUT2D eigenvalue weighted by molar-refractivity contribution is -0.141. The van der Waals surface area contributed by atoms with Gasteiger partial charge in [-0.1, -0.05) is 0 Å². The maximum Gasteiger partial charge on any atom is 0.433 e. The van der Waals surface area contributed by atoms with Crippen LogP contribution in [0.1, 0.15) is 18.5 Å². The number of anilines is 4. The molecule has 184 valence electrons. The molecule has 5 rings (SSSR count). The van der Waals surface area contributed by atoms with E-state index < -0.39 is 23.5 Å². The number of ether oxygens (including phenoxy) is 1. The smallest absolute Gasteiger partial charge is 0.433 e. The zero-order valence-electron chi connectivity index (χ0n) is 18.4. The second-order valence-corrected chi connectivity index (χ2v) is 8.31. The van der Waals surface area contributed by atoms with Gasteiger partial charge in [0.05, 0.1) is 12.7 Å². The molecule has 35 heavy (non-hydrogen) atoms. The summed E-state index contributed by atoms with van der Waals surface area (Å²) in [6, 6.07) is 5.89. The van der Waals surface area contributed by atoms with E-state index >= 15 is 0 Å². The van der Waals surface area contributed by atoms with Gasteiger partial charge >= 0.3 is 6.18 Å². The summed E-state index contributed by atoms with van der Waals surface area (Å²) in [5, 5.41) is 3.26. The highest BCUT2D eigenvalue weighted by molar-refractivity contribution is 5.67. The van der Waals surface area contributed by atoms with Crippen LogP contribution in [0.2, 0.25) is 0 Å². The normalized spacial score (nSPS) is 16.6. The molecule has 0 aliphatic carbocycles. The standard InChI is InChI=1S/C23H21F5N6O/c24-14-9-15(25)11-18(10-14)34-7-8-35-19-13-30-22(32-21(19)34)31-16-2-5-33(6-3-16)17-1-4-29-20(12-17)23(26,27)28/h1,4,9-13,16H,2-3,5-8H2,(H,30,31,32). The maximum atomic E-state index is 13.8. The van der Waals surface area contributed by atoms with E-state index in [9.17, 15) is 22.0 Å². The average molecular weight is 492 g/mol. The minimum absolute atomic E-state index is 0.00204. The number of fused-ring (bicyclic) bond motifs is 1. The topological polar surface area (TPSA) is 66.4 Å². The molecular formula is C23H21F5N6O. The van der Waals surface area contributed by atoms with Crippen molar-refractivity contribution in [2.75, 3.05) is 41.4 Å². The van der Waals surface area contributed by atoms with Gasteiger partial charge in [0.15, 0.2) is 11.6 Å². The molecule has 0 amide bonds. The minimum Gasteiger partial charge on any atom is -0.486 e. The van der Waals surface area contributed by atoms with Gasteiger partial charge in [-0.25, -0.2) is 13.8 Å². The number of halogens is 5. The molecule has 4 heterocycles. The predicted molar refractivity (Wildman–Crippen MR) is 119 cm³/mol. The monoisotopic (exact) mass is 492 g/mol. The average Bonchev–Trinajstić information content (AvgIpc) is 2.83. The molecule has 0 radical (unpaired) electrons. The zero-order valence-corrected chi connectivity index (χ0v) is 18.4. The molecule has 2 aliphatic heterocycles. The van der Waals surface area contributed by atoms with E-state index in [1.165, 1.54) is 24.5 Å². The van der Waals surface area contributed by atoms with Crippen molar-refractivity contribution in [1.29, 1.82) is 0 Å². The van der Waals surface area contributed by atoms with Crippen LogP contribution in [-0.4, -0.2) is 47.2 Å². The Morgan fingerprint density at radius 2 is 1.69 bits per heavy atom. The van der Waals surface area contributed by atoms with Crippen LogP contribution < -0.4 is 19.9 Å². The highest BCUT2D eigenvalue weighted by Crippen LogP contribution is 2.36. The lowest BCUT2D eigenvalue weighted by Gasteiger charge is -2.34. The van der Waals surface area contributed by atoms with Crippen molar-refractivity contribution in [3.63, 3.8) is 0 Å². The second kappa shape index (κ2) is 9.16. The largest absolute Gasteiger partial charge is 0.486 e. The fourth-order valence-corrected chi connectivity index (χ4v) is 4.26. The summed E-state index contributed by atoms with van der Waals surface area (Å²) in [6.45, 7) is 1.75. The summed E-state index contributed by atoms with van der Waals surface area (Å²) < 4.78 is 72.1. The van der Waals surface area contributed by atoms with Gasteiger partial charge in [0.1, 0.15) is 23.9 Å². The van der Waals surface area contributed by atoms with E-state index in [4.69, 9.17) is 4.74 Å². The number of hydrogen-bond donors (Lipinski definition) is 1. The Kier molecular flexibility index (Phi) is 6.03. The van der Waals surface area contributed by atoms with E-state index in [1.54, 1.807) is 11.0 Å². The number of pyridine rings is 1. The number of alkyl halides is 3. The fourth-order valence-electron chi connectivity index (χ4n) is 4.26. The number of nitrogens with zero attached hydrogens (tertiary/aromatic N) is 5. The Balaban J connectivity index is 1.28. The van der Waals surface area contributed by atoms with Crippen molar-refractivity contribution in [2.24, 2.45) is 0 Å². The third kappa shape index (κ3) is 5.05. The lowest BCUT2D eigenvalue weighted by atomic mass is 10.0. The van der Waals surface area contributed by atoms with Crippen LogP contribution in [0.3, 0.4) is 0 Å². The number of benzene rings is 1. The lowest BCUT2D eigenvalue weighted by Crippen LogP contribution is -2.39. The number of hydrogen-bond acceptors (Lipinski definition) is 7. The second-order valence-electron chi connectivity index (χ2n) is 8.31. The van der Waals surface area contributed by atoms with Gasteiger partial charge < -0.3 is 19.9 Å². The van der Waals surface area contributed by atoms with Crippen LogP contribution in [0.4, 0.5) is 45.1 Å². The van der Waals surface area contributed by atoms with Crippen molar-refractivity contribution >= 4 is 23.1 Å². The first-order valence-electron chi connectivity index (χ1n) is 11.0. The molecule has 0 spiro atoms. The molecule has 12 heteroatoms. The van der Waals surface area contributed by atoms with Crippen molar-refractivity contribution in [2.45, 2.75) is 25.1 Å². The predicted octanol–water partition coefficient (Wildman–Crippen LogP) is 4.78.